The molecule has 2 N–H and O–H groups in total. The number of likely N-dealkylation sites (N-methyl/N-ethyl adjacent to an activating group) is 1. The van der Waals surface area contributed by atoms with Gasteiger partial charge in [0.15, 0.2) is 5.65 Å². The van der Waals surface area contributed by atoms with Crippen LogP contribution in [0.2, 0.25) is 0 Å². The van der Waals surface area contributed by atoms with Gasteiger partial charge < -0.3 is 15.0 Å². The molecular formula is C21H18N4O3S. The largest absolute Gasteiger partial charge is 0.478 e. The molecule has 3 heterocycles. The van der Waals surface area contributed by atoms with Gasteiger partial charge in [0.25, 0.3) is 5.91 Å². The van der Waals surface area contributed by atoms with Gasteiger partial charge in [-0.3, -0.25) is 4.79 Å². The molecule has 0 atom stereocenters. The molecule has 0 bridgehead atoms. The third-order valence-electron chi connectivity index (χ3n) is 4.61. The Bertz CT molecular complexity index is 1180. The molecule has 146 valence electrons. The molecule has 0 aliphatic heterocycles. The van der Waals surface area contributed by atoms with E-state index in [1.54, 1.807) is 24.2 Å². The zero-order chi connectivity index (χ0) is 20.4. The lowest BCUT2D eigenvalue weighted by atomic mass is 10.1. The summed E-state index contributed by atoms with van der Waals surface area (Å²) in [5.41, 5.74) is 2.51. The molecule has 8 heteroatoms. The summed E-state index contributed by atoms with van der Waals surface area (Å²) in [6, 6.07) is 13.6. The van der Waals surface area contributed by atoms with Crippen LogP contribution in [0.15, 0.2) is 54.9 Å². The Kier molecular flexibility index (Phi) is 5.09. The molecule has 7 nitrogen and oxygen atoms in total. The Balaban J connectivity index is 1.51. The predicted molar refractivity (Wildman–Crippen MR) is 111 cm³/mol. The van der Waals surface area contributed by atoms with Crippen molar-refractivity contribution in [2.24, 2.45) is 0 Å². The standard InChI is InChI=1S/C21H18N4O3S/c1-25(10-9-13-5-3-2-4-6-13)20(26)17-8-7-16(29-17)15-12-23-19-18(24-15)14(11-22-19)21(27)28/h2-8,11-12H,9-10H2,1H3,(H,22,23)(H,27,28). The van der Waals surface area contributed by atoms with Gasteiger partial charge >= 0.3 is 5.97 Å². The highest BCUT2D eigenvalue weighted by molar-refractivity contribution is 7.17. The summed E-state index contributed by atoms with van der Waals surface area (Å²) < 4.78 is 0. The summed E-state index contributed by atoms with van der Waals surface area (Å²) in [5.74, 6) is -1.12. The van der Waals surface area contributed by atoms with Gasteiger partial charge in [-0.05, 0) is 24.1 Å². The summed E-state index contributed by atoms with van der Waals surface area (Å²) in [4.78, 5) is 38.6. The number of carboxylic acid groups (broad SMARTS) is 1. The molecule has 1 aromatic carbocycles. The monoisotopic (exact) mass is 406 g/mol. The number of nitrogens with zero attached hydrogens (tertiary/aromatic N) is 3. The van der Waals surface area contributed by atoms with Crippen LogP contribution in [0.5, 0.6) is 0 Å². The molecule has 4 aromatic rings. The van der Waals surface area contributed by atoms with Gasteiger partial charge in [-0.2, -0.15) is 0 Å². The first-order valence-corrected chi connectivity index (χ1v) is 9.81. The Labute approximate surface area is 170 Å². The van der Waals surface area contributed by atoms with Crippen LogP contribution in [0.4, 0.5) is 0 Å². The fourth-order valence-corrected chi connectivity index (χ4v) is 3.95. The predicted octanol–water partition coefficient (Wildman–Crippen LogP) is 3.70. The second-order valence-corrected chi connectivity index (χ2v) is 7.67. The number of hydrogen-bond acceptors (Lipinski definition) is 5. The third-order valence-corrected chi connectivity index (χ3v) is 5.70. The molecule has 3 aromatic heterocycles. The van der Waals surface area contributed by atoms with Gasteiger partial charge in [-0.25, -0.2) is 14.8 Å². The Morgan fingerprint density at radius 2 is 1.97 bits per heavy atom. The molecule has 29 heavy (non-hydrogen) atoms. The second kappa shape index (κ2) is 7.84. The quantitative estimate of drug-likeness (QED) is 0.509. The molecule has 0 radical (unpaired) electrons. The lowest BCUT2D eigenvalue weighted by Crippen LogP contribution is -2.28. The molecule has 0 unspecified atom stereocenters. The van der Waals surface area contributed by atoms with Crippen molar-refractivity contribution in [2.45, 2.75) is 6.42 Å². The van der Waals surface area contributed by atoms with Gasteiger partial charge in [-0.1, -0.05) is 30.3 Å². The number of aromatic amines is 1. The summed E-state index contributed by atoms with van der Waals surface area (Å²) >= 11 is 1.32. The number of amides is 1. The Morgan fingerprint density at radius 3 is 2.72 bits per heavy atom. The first kappa shape index (κ1) is 18.8. The number of fused-ring (bicyclic) bond motifs is 1. The van der Waals surface area contributed by atoms with Gasteiger partial charge in [0.1, 0.15) is 11.1 Å². The van der Waals surface area contributed by atoms with Gasteiger partial charge in [0, 0.05) is 19.8 Å². The van der Waals surface area contributed by atoms with E-state index in [0.29, 0.717) is 28.3 Å². The highest BCUT2D eigenvalue weighted by Crippen LogP contribution is 2.28. The number of H-pyrrole nitrogens is 1. The smallest absolute Gasteiger partial charge is 0.339 e. The maximum Gasteiger partial charge on any atom is 0.339 e. The number of carbonyl (C=O) groups excluding carboxylic acids is 1. The number of aromatic nitrogens is 3. The van der Waals surface area contributed by atoms with Crippen molar-refractivity contribution in [1.82, 2.24) is 19.9 Å². The molecule has 0 aliphatic carbocycles. The van der Waals surface area contributed by atoms with Crippen LogP contribution in [-0.4, -0.2) is 50.4 Å². The normalized spacial score (nSPS) is 10.9. The molecular weight excluding hydrogens is 388 g/mol. The average molecular weight is 406 g/mol. The van der Waals surface area contributed by atoms with Crippen LogP contribution in [0.25, 0.3) is 21.7 Å². The van der Waals surface area contributed by atoms with Crippen molar-refractivity contribution >= 4 is 34.4 Å². The first-order valence-electron chi connectivity index (χ1n) is 9.00. The number of hydrogen-bond donors (Lipinski definition) is 2. The van der Waals surface area contributed by atoms with E-state index in [9.17, 15) is 14.7 Å². The molecule has 4 rings (SSSR count). The number of carboxylic acids is 1. The second-order valence-electron chi connectivity index (χ2n) is 6.59. The average Bonchev–Trinajstić information content (AvgIpc) is 3.39. The van der Waals surface area contributed by atoms with E-state index in [0.717, 1.165) is 11.3 Å². The van der Waals surface area contributed by atoms with Crippen LogP contribution in [0.1, 0.15) is 25.6 Å². The molecule has 0 saturated heterocycles. The van der Waals surface area contributed by atoms with E-state index >= 15 is 0 Å². The van der Waals surface area contributed by atoms with Crippen LogP contribution in [-0.2, 0) is 6.42 Å². The summed E-state index contributed by atoms with van der Waals surface area (Å²) in [6.45, 7) is 0.618. The van der Waals surface area contributed by atoms with E-state index in [4.69, 9.17) is 0 Å². The zero-order valence-electron chi connectivity index (χ0n) is 15.6. The number of rotatable bonds is 6. The first-order chi connectivity index (χ1) is 14.0. The minimum Gasteiger partial charge on any atom is -0.478 e. The Morgan fingerprint density at radius 1 is 1.17 bits per heavy atom. The van der Waals surface area contributed by atoms with E-state index in [1.165, 1.54) is 23.1 Å². The maximum atomic E-state index is 12.7. The van der Waals surface area contributed by atoms with Crippen LogP contribution >= 0.6 is 11.3 Å². The van der Waals surface area contributed by atoms with Gasteiger partial charge in [0.2, 0.25) is 0 Å². The number of nitrogens with one attached hydrogen (secondary N) is 1. The number of benzene rings is 1. The topological polar surface area (TPSA) is 99.2 Å². The van der Waals surface area contributed by atoms with E-state index < -0.39 is 5.97 Å². The van der Waals surface area contributed by atoms with Crippen molar-refractivity contribution in [1.29, 1.82) is 0 Å². The van der Waals surface area contributed by atoms with Crippen LogP contribution in [0, 0.1) is 0 Å². The summed E-state index contributed by atoms with van der Waals surface area (Å²) in [7, 11) is 1.79. The van der Waals surface area contributed by atoms with E-state index in [1.807, 2.05) is 36.4 Å². The molecule has 0 fully saturated rings. The molecule has 1 amide bonds. The third kappa shape index (κ3) is 3.88. The highest BCUT2D eigenvalue weighted by atomic mass is 32.1. The fraction of sp³-hybridized carbons (Fsp3) is 0.143. The minimum absolute atomic E-state index is 0.0564. The SMILES string of the molecule is CN(CCc1ccccc1)C(=O)c1ccc(-c2cnc3[nH]cc(C(=O)O)c3n2)s1. The fourth-order valence-electron chi connectivity index (χ4n) is 2.99. The zero-order valence-corrected chi connectivity index (χ0v) is 16.4. The molecule has 0 aliphatic rings. The lowest BCUT2D eigenvalue weighted by molar-refractivity contribution is 0.0698. The van der Waals surface area contributed by atoms with Crippen molar-refractivity contribution in [3.05, 3.63) is 70.9 Å². The summed E-state index contributed by atoms with van der Waals surface area (Å²) in [5, 5.41) is 9.27. The van der Waals surface area contributed by atoms with Gasteiger partial charge in [0.05, 0.1) is 21.6 Å². The van der Waals surface area contributed by atoms with Crippen molar-refractivity contribution in [3.63, 3.8) is 0 Å². The lowest BCUT2D eigenvalue weighted by Gasteiger charge is -2.16. The van der Waals surface area contributed by atoms with Crippen molar-refractivity contribution in [3.8, 4) is 10.6 Å². The summed E-state index contributed by atoms with van der Waals surface area (Å²) in [6.07, 6.45) is 3.74. The number of carbonyl (C=O) groups is 2. The number of aromatic carboxylic acids is 1. The van der Waals surface area contributed by atoms with Crippen molar-refractivity contribution < 1.29 is 14.7 Å². The van der Waals surface area contributed by atoms with Crippen LogP contribution in [0.3, 0.4) is 0 Å². The molecule has 0 spiro atoms. The number of thiophene rings is 1. The van der Waals surface area contributed by atoms with Gasteiger partial charge in [-0.15, -0.1) is 11.3 Å². The molecule has 0 saturated carbocycles. The van der Waals surface area contributed by atoms with E-state index in [2.05, 4.69) is 15.0 Å². The maximum absolute atomic E-state index is 12.7. The highest BCUT2D eigenvalue weighted by Gasteiger charge is 2.17. The van der Waals surface area contributed by atoms with Crippen LogP contribution < -0.4 is 0 Å². The minimum atomic E-state index is -1.07. The Hall–Kier alpha value is -3.52. The van der Waals surface area contributed by atoms with E-state index in [-0.39, 0.29) is 11.5 Å². The van der Waals surface area contributed by atoms with Crippen molar-refractivity contribution in [2.75, 3.05) is 13.6 Å².